The monoisotopic (exact) mass is 269 g/mol. The molecule has 0 bridgehead atoms. The average Bonchev–Trinajstić information content (AvgIpc) is 2.48. The molecule has 0 fully saturated rings. The molecular weight excluding hydrogens is 251 g/mol. The van der Waals surface area contributed by atoms with Gasteiger partial charge in [-0.05, 0) is 48.2 Å². The number of benzene rings is 2. The maximum atomic E-state index is 13.9. The van der Waals surface area contributed by atoms with Crippen LogP contribution >= 0.6 is 0 Å². The van der Waals surface area contributed by atoms with Crippen molar-refractivity contribution in [2.75, 3.05) is 6.61 Å². The minimum Gasteiger partial charge on any atom is -0.490 e. The SMILES string of the molecule is [CH2]CCc1ccc(F)c(-c2ccc(OCC=C)cc2)c1. The molecule has 0 aliphatic rings. The fourth-order valence-electron chi connectivity index (χ4n) is 2.04. The topological polar surface area (TPSA) is 9.23 Å². The Morgan fingerprint density at radius 2 is 1.85 bits per heavy atom. The van der Waals surface area contributed by atoms with E-state index < -0.39 is 0 Å². The van der Waals surface area contributed by atoms with Crippen molar-refractivity contribution in [3.05, 3.63) is 73.4 Å². The molecule has 0 aromatic heterocycles. The van der Waals surface area contributed by atoms with Crippen molar-refractivity contribution in [1.29, 1.82) is 0 Å². The summed E-state index contributed by atoms with van der Waals surface area (Å²) in [5.74, 6) is 0.542. The van der Waals surface area contributed by atoms with E-state index in [1.165, 1.54) is 6.07 Å². The van der Waals surface area contributed by atoms with Crippen LogP contribution in [0.3, 0.4) is 0 Å². The van der Waals surface area contributed by atoms with Crippen LogP contribution in [0.4, 0.5) is 4.39 Å². The summed E-state index contributed by atoms with van der Waals surface area (Å²) in [4.78, 5) is 0. The molecule has 0 spiro atoms. The van der Waals surface area contributed by atoms with E-state index in [2.05, 4.69) is 13.5 Å². The van der Waals surface area contributed by atoms with E-state index in [9.17, 15) is 4.39 Å². The Bertz CT molecular complexity index is 572. The quantitative estimate of drug-likeness (QED) is 0.683. The predicted octanol–water partition coefficient (Wildman–Crippen LogP) is 4.82. The highest BCUT2D eigenvalue weighted by Crippen LogP contribution is 2.26. The van der Waals surface area contributed by atoms with Gasteiger partial charge in [0.25, 0.3) is 0 Å². The second kappa shape index (κ2) is 6.90. The van der Waals surface area contributed by atoms with Gasteiger partial charge in [-0.15, -0.1) is 0 Å². The molecule has 2 heteroatoms. The third kappa shape index (κ3) is 3.47. The lowest BCUT2D eigenvalue weighted by Crippen LogP contribution is -1.93. The molecular formula is C18H18FO. The lowest BCUT2D eigenvalue weighted by Gasteiger charge is -2.08. The van der Waals surface area contributed by atoms with Gasteiger partial charge in [-0.2, -0.15) is 0 Å². The van der Waals surface area contributed by atoms with Gasteiger partial charge in [-0.3, -0.25) is 0 Å². The first-order valence-corrected chi connectivity index (χ1v) is 6.66. The summed E-state index contributed by atoms with van der Waals surface area (Å²) in [5.41, 5.74) is 2.56. The smallest absolute Gasteiger partial charge is 0.131 e. The molecule has 0 atom stereocenters. The van der Waals surface area contributed by atoms with Gasteiger partial charge >= 0.3 is 0 Å². The second-order valence-corrected chi connectivity index (χ2v) is 4.54. The average molecular weight is 269 g/mol. The highest BCUT2D eigenvalue weighted by Gasteiger charge is 2.06. The second-order valence-electron chi connectivity index (χ2n) is 4.54. The van der Waals surface area contributed by atoms with Gasteiger partial charge in [0, 0.05) is 5.56 Å². The maximum absolute atomic E-state index is 13.9. The molecule has 0 unspecified atom stereocenters. The fourth-order valence-corrected chi connectivity index (χ4v) is 2.04. The van der Waals surface area contributed by atoms with E-state index in [1.807, 2.05) is 36.4 Å². The number of ether oxygens (including phenoxy) is 1. The molecule has 2 rings (SSSR count). The predicted molar refractivity (Wildman–Crippen MR) is 81.2 cm³/mol. The number of hydrogen-bond acceptors (Lipinski definition) is 1. The molecule has 0 N–H and O–H groups in total. The molecule has 2 aromatic carbocycles. The van der Waals surface area contributed by atoms with E-state index >= 15 is 0 Å². The van der Waals surface area contributed by atoms with Gasteiger partial charge in [0.1, 0.15) is 18.2 Å². The summed E-state index contributed by atoms with van der Waals surface area (Å²) in [5, 5.41) is 0. The van der Waals surface area contributed by atoms with Gasteiger partial charge in [0.05, 0.1) is 0 Å². The molecule has 1 nitrogen and oxygen atoms in total. The Hall–Kier alpha value is -2.09. The van der Waals surface area contributed by atoms with Crippen LogP contribution in [0.25, 0.3) is 11.1 Å². The first kappa shape index (κ1) is 14.3. The van der Waals surface area contributed by atoms with E-state index in [-0.39, 0.29) is 5.82 Å². The van der Waals surface area contributed by atoms with Gasteiger partial charge in [-0.1, -0.05) is 37.8 Å². The normalized spacial score (nSPS) is 10.3. The fraction of sp³-hybridized carbons (Fsp3) is 0.167. The van der Waals surface area contributed by atoms with E-state index in [0.717, 1.165) is 29.7 Å². The van der Waals surface area contributed by atoms with Gasteiger partial charge < -0.3 is 4.74 Å². The largest absolute Gasteiger partial charge is 0.490 e. The zero-order valence-corrected chi connectivity index (χ0v) is 11.4. The number of halogens is 1. The third-order valence-corrected chi connectivity index (χ3v) is 3.03. The van der Waals surface area contributed by atoms with Crippen molar-refractivity contribution < 1.29 is 9.13 Å². The summed E-state index contributed by atoms with van der Waals surface area (Å²) in [6.07, 6.45) is 3.35. The molecule has 0 amide bonds. The number of rotatable bonds is 6. The summed E-state index contributed by atoms with van der Waals surface area (Å²) in [7, 11) is 0. The lowest BCUT2D eigenvalue weighted by molar-refractivity contribution is 0.363. The summed E-state index contributed by atoms with van der Waals surface area (Å²) in [6.45, 7) is 7.89. The van der Waals surface area contributed by atoms with Crippen molar-refractivity contribution >= 4 is 0 Å². The van der Waals surface area contributed by atoms with Crippen molar-refractivity contribution in [2.45, 2.75) is 12.8 Å². The highest BCUT2D eigenvalue weighted by molar-refractivity contribution is 5.65. The Labute approximate surface area is 119 Å². The zero-order chi connectivity index (χ0) is 14.4. The van der Waals surface area contributed by atoms with Crippen molar-refractivity contribution in [3.63, 3.8) is 0 Å². The summed E-state index contributed by atoms with van der Waals surface area (Å²) in [6, 6.07) is 12.6. The van der Waals surface area contributed by atoms with Crippen LogP contribution in [0.15, 0.2) is 55.1 Å². The molecule has 2 aromatic rings. The minimum absolute atomic E-state index is 0.211. The first-order chi connectivity index (χ1) is 9.74. The maximum Gasteiger partial charge on any atom is 0.131 e. The van der Waals surface area contributed by atoms with Crippen molar-refractivity contribution in [3.8, 4) is 16.9 Å². The molecule has 1 radical (unpaired) electrons. The molecule has 0 heterocycles. The molecule has 20 heavy (non-hydrogen) atoms. The van der Waals surface area contributed by atoms with E-state index in [0.29, 0.717) is 12.2 Å². The Kier molecular flexibility index (Phi) is 4.94. The van der Waals surface area contributed by atoms with Gasteiger partial charge in [0.15, 0.2) is 0 Å². The molecule has 103 valence electrons. The van der Waals surface area contributed by atoms with Crippen molar-refractivity contribution in [2.24, 2.45) is 0 Å². The number of hydrogen-bond donors (Lipinski definition) is 0. The van der Waals surface area contributed by atoms with Crippen LogP contribution in [0.5, 0.6) is 5.75 Å². The minimum atomic E-state index is -0.211. The van der Waals surface area contributed by atoms with Gasteiger partial charge in [-0.25, -0.2) is 4.39 Å². The summed E-state index contributed by atoms with van der Waals surface area (Å²) < 4.78 is 19.4. The standard InChI is InChI=1S/C18H18FO/c1-3-5-14-6-11-18(19)17(13-14)15-7-9-16(10-8-15)20-12-4-2/h4,6-11,13H,1-3,5,12H2. The Morgan fingerprint density at radius 3 is 2.50 bits per heavy atom. The molecule has 0 saturated heterocycles. The third-order valence-electron chi connectivity index (χ3n) is 3.03. The molecule has 0 aliphatic heterocycles. The van der Waals surface area contributed by atoms with Crippen molar-refractivity contribution in [1.82, 2.24) is 0 Å². The zero-order valence-electron chi connectivity index (χ0n) is 11.4. The summed E-state index contributed by atoms with van der Waals surface area (Å²) >= 11 is 0. The van der Waals surface area contributed by atoms with E-state index in [1.54, 1.807) is 6.08 Å². The highest BCUT2D eigenvalue weighted by atomic mass is 19.1. The van der Waals surface area contributed by atoms with Crippen LogP contribution in [0, 0.1) is 12.7 Å². The lowest BCUT2D eigenvalue weighted by atomic mass is 10.0. The molecule has 0 aliphatic carbocycles. The molecule has 0 saturated carbocycles. The first-order valence-electron chi connectivity index (χ1n) is 6.66. The number of aryl methyl sites for hydroxylation is 1. The van der Waals surface area contributed by atoms with Crippen LogP contribution in [0.2, 0.25) is 0 Å². The van der Waals surface area contributed by atoms with E-state index in [4.69, 9.17) is 4.74 Å². The Morgan fingerprint density at radius 1 is 1.10 bits per heavy atom. The van der Waals surface area contributed by atoms with Crippen LogP contribution in [0.1, 0.15) is 12.0 Å². The van der Waals surface area contributed by atoms with Crippen LogP contribution in [-0.4, -0.2) is 6.61 Å². The Balaban J connectivity index is 2.26. The van der Waals surface area contributed by atoms with Crippen LogP contribution < -0.4 is 4.74 Å². The van der Waals surface area contributed by atoms with Crippen LogP contribution in [-0.2, 0) is 6.42 Å². The van der Waals surface area contributed by atoms with Gasteiger partial charge in [0.2, 0.25) is 0 Å².